The van der Waals surface area contributed by atoms with Crippen molar-refractivity contribution in [3.05, 3.63) is 12.2 Å². The van der Waals surface area contributed by atoms with E-state index in [1.807, 2.05) is 4.90 Å². The monoisotopic (exact) mass is 334 g/mol. The van der Waals surface area contributed by atoms with E-state index in [1.165, 1.54) is 0 Å². The molecule has 2 aliphatic heterocycles. The van der Waals surface area contributed by atoms with Crippen LogP contribution in [-0.2, 0) is 14.3 Å². The van der Waals surface area contributed by atoms with Crippen LogP contribution in [0.1, 0.15) is 39.0 Å². The molecule has 5 nitrogen and oxygen atoms in total. The highest BCUT2D eigenvalue weighted by atomic mass is 16.5. The number of piperidine rings is 1. The van der Waals surface area contributed by atoms with Gasteiger partial charge >= 0.3 is 0 Å². The number of methoxy groups -OCH3 is 1. The minimum Gasteiger partial charge on any atom is -0.384 e. The summed E-state index contributed by atoms with van der Waals surface area (Å²) in [6.07, 6.45) is 9.20. The van der Waals surface area contributed by atoms with E-state index in [9.17, 15) is 9.59 Å². The van der Waals surface area contributed by atoms with Gasteiger partial charge in [-0.2, -0.15) is 0 Å². The van der Waals surface area contributed by atoms with Crippen LogP contribution in [0, 0.1) is 17.3 Å². The summed E-state index contributed by atoms with van der Waals surface area (Å²) in [5.74, 6) is 1.05. The molecule has 3 rings (SSSR count). The van der Waals surface area contributed by atoms with Gasteiger partial charge in [0.05, 0.1) is 6.61 Å². The van der Waals surface area contributed by atoms with Crippen LogP contribution >= 0.6 is 0 Å². The average Bonchev–Trinajstić information content (AvgIpc) is 2.95. The van der Waals surface area contributed by atoms with E-state index in [0.29, 0.717) is 18.4 Å². The average molecular weight is 334 g/mol. The molecule has 0 aromatic carbocycles. The van der Waals surface area contributed by atoms with E-state index in [2.05, 4.69) is 17.1 Å². The van der Waals surface area contributed by atoms with Crippen molar-refractivity contribution in [1.29, 1.82) is 0 Å². The summed E-state index contributed by atoms with van der Waals surface area (Å²) in [4.78, 5) is 28.6. The molecule has 24 heavy (non-hydrogen) atoms. The summed E-state index contributed by atoms with van der Waals surface area (Å²) in [6, 6.07) is 0. The minimum absolute atomic E-state index is 0.130. The van der Waals surface area contributed by atoms with Gasteiger partial charge in [-0.1, -0.05) is 12.2 Å². The largest absolute Gasteiger partial charge is 0.384 e. The molecule has 134 valence electrons. The standard InChI is InChI=1S/C19H30N2O3/c1-15(22)21-12-17(13-24-2)19(14-21)8-10-20(11-9-19)18(23)16-6-4-3-5-7-16/h3-4,16-17H,5-14H2,1-2H3. The number of hydrogen-bond donors (Lipinski definition) is 0. The Morgan fingerprint density at radius 3 is 2.54 bits per heavy atom. The molecule has 1 spiro atoms. The van der Waals surface area contributed by atoms with Gasteiger partial charge in [0.2, 0.25) is 11.8 Å². The number of likely N-dealkylation sites (tertiary alicyclic amines) is 2. The first-order valence-electron chi connectivity index (χ1n) is 9.24. The fourth-order valence-electron chi connectivity index (χ4n) is 4.72. The van der Waals surface area contributed by atoms with Crippen LogP contribution in [0.4, 0.5) is 0 Å². The lowest BCUT2D eigenvalue weighted by molar-refractivity contribution is -0.139. The second-order valence-corrected chi connectivity index (χ2v) is 7.72. The first kappa shape index (κ1) is 17.5. The number of amides is 2. The summed E-state index contributed by atoms with van der Waals surface area (Å²) in [7, 11) is 1.74. The third-order valence-electron chi connectivity index (χ3n) is 6.31. The van der Waals surface area contributed by atoms with Crippen molar-refractivity contribution in [2.24, 2.45) is 17.3 Å². The fraction of sp³-hybridized carbons (Fsp3) is 0.789. The molecule has 0 aromatic rings. The molecule has 2 unspecified atom stereocenters. The van der Waals surface area contributed by atoms with E-state index >= 15 is 0 Å². The molecule has 1 aliphatic carbocycles. The molecule has 2 heterocycles. The third-order valence-corrected chi connectivity index (χ3v) is 6.31. The lowest BCUT2D eigenvalue weighted by atomic mass is 9.71. The lowest BCUT2D eigenvalue weighted by Gasteiger charge is -2.43. The molecule has 2 saturated heterocycles. The summed E-state index contributed by atoms with van der Waals surface area (Å²) < 4.78 is 5.42. The van der Waals surface area contributed by atoms with Crippen LogP contribution in [-0.4, -0.2) is 61.5 Å². The van der Waals surface area contributed by atoms with Crippen molar-refractivity contribution in [1.82, 2.24) is 9.80 Å². The summed E-state index contributed by atoms with van der Waals surface area (Å²) in [5.41, 5.74) is 0.130. The van der Waals surface area contributed by atoms with E-state index < -0.39 is 0 Å². The van der Waals surface area contributed by atoms with Gasteiger partial charge < -0.3 is 14.5 Å². The number of ether oxygens (including phenoxy) is 1. The Morgan fingerprint density at radius 1 is 1.21 bits per heavy atom. The normalized spacial score (nSPS) is 29.2. The molecule has 2 atom stereocenters. The Labute approximate surface area is 145 Å². The number of carbonyl (C=O) groups excluding carboxylic acids is 2. The molecule has 3 aliphatic rings. The van der Waals surface area contributed by atoms with E-state index in [4.69, 9.17) is 4.74 Å². The lowest BCUT2D eigenvalue weighted by Crippen LogP contribution is -2.48. The first-order valence-corrected chi connectivity index (χ1v) is 9.24. The Hall–Kier alpha value is -1.36. The number of rotatable bonds is 3. The van der Waals surface area contributed by atoms with Crippen molar-refractivity contribution < 1.29 is 14.3 Å². The molecular weight excluding hydrogens is 304 g/mol. The fourth-order valence-corrected chi connectivity index (χ4v) is 4.72. The first-order chi connectivity index (χ1) is 11.6. The van der Waals surface area contributed by atoms with Crippen LogP contribution < -0.4 is 0 Å². The molecular formula is C19H30N2O3. The molecule has 2 fully saturated rings. The highest BCUT2D eigenvalue weighted by molar-refractivity contribution is 5.79. The summed E-state index contributed by atoms with van der Waals surface area (Å²) >= 11 is 0. The molecule has 0 radical (unpaired) electrons. The smallest absolute Gasteiger partial charge is 0.226 e. The third kappa shape index (κ3) is 3.37. The Kier molecular flexibility index (Phi) is 5.28. The maximum atomic E-state index is 12.7. The van der Waals surface area contributed by atoms with Crippen molar-refractivity contribution in [2.45, 2.75) is 39.0 Å². The van der Waals surface area contributed by atoms with E-state index in [0.717, 1.165) is 58.3 Å². The van der Waals surface area contributed by atoms with Crippen LogP contribution in [0.3, 0.4) is 0 Å². The predicted molar refractivity (Wildman–Crippen MR) is 92.3 cm³/mol. The highest BCUT2D eigenvalue weighted by Crippen LogP contribution is 2.45. The molecule has 2 amide bonds. The Balaban J connectivity index is 1.63. The van der Waals surface area contributed by atoms with Crippen LogP contribution in [0.2, 0.25) is 0 Å². The van der Waals surface area contributed by atoms with Crippen LogP contribution in [0.15, 0.2) is 12.2 Å². The molecule has 0 N–H and O–H groups in total. The maximum absolute atomic E-state index is 12.7. The summed E-state index contributed by atoms with van der Waals surface area (Å²) in [6.45, 7) is 5.62. The van der Waals surface area contributed by atoms with Crippen molar-refractivity contribution >= 4 is 11.8 Å². The molecule has 0 saturated carbocycles. The van der Waals surface area contributed by atoms with Crippen molar-refractivity contribution in [2.75, 3.05) is 39.9 Å². The SMILES string of the molecule is COCC1CN(C(C)=O)CC12CCN(C(=O)C1CC=CCC1)CC2. The van der Waals surface area contributed by atoms with Crippen molar-refractivity contribution in [3.8, 4) is 0 Å². The summed E-state index contributed by atoms with van der Waals surface area (Å²) in [5, 5.41) is 0. The topological polar surface area (TPSA) is 49.9 Å². The van der Waals surface area contributed by atoms with E-state index in [1.54, 1.807) is 14.0 Å². The van der Waals surface area contributed by atoms with Gasteiger partial charge in [-0.05, 0) is 37.5 Å². The maximum Gasteiger partial charge on any atom is 0.226 e. The Morgan fingerprint density at radius 2 is 1.96 bits per heavy atom. The van der Waals surface area contributed by atoms with Gasteiger partial charge in [0.15, 0.2) is 0 Å². The number of carbonyl (C=O) groups is 2. The number of hydrogen-bond acceptors (Lipinski definition) is 3. The van der Waals surface area contributed by atoms with Gasteiger partial charge in [-0.15, -0.1) is 0 Å². The molecule has 5 heteroatoms. The van der Waals surface area contributed by atoms with Gasteiger partial charge in [0.25, 0.3) is 0 Å². The van der Waals surface area contributed by atoms with Gasteiger partial charge in [-0.25, -0.2) is 0 Å². The Bertz CT molecular complexity index is 509. The second kappa shape index (κ2) is 7.26. The number of allylic oxidation sites excluding steroid dienone is 2. The highest BCUT2D eigenvalue weighted by Gasteiger charge is 2.49. The number of nitrogens with zero attached hydrogens (tertiary/aromatic N) is 2. The quantitative estimate of drug-likeness (QED) is 0.743. The zero-order valence-electron chi connectivity index (χ0n) is 15.0. The van der Waals surface area contributed by atoms with Gasteiger partial charge in [0.1, 0.15) is 0 Å². The van der Waals surface area contributed by atoms with Crippen LogP contribution in [0.5, 0.6) is 0 Å². The zero-order valence-corrected chi connectivity index (χ0v) is 15.0. The van der Waals surface area contributed by atoms with Crippen molar-refractivity contribution in [3.63, 3.8) is 0 Å². The minimum atomic E-state index is 0.130. The molecule has 0 aromatic heterocycles. The van der Waals surface area contributed by atoms with Gasteiger partial charge in [0, 0.05) is 52.0 Å². The second-order valence-electron chi connectivity index (χ2n) is 7.72. The van der Waals surface area contributed by atoms with Gasteiger partial charge in [-0.3, -0.25) is 9.59 Å². The van der Waals surface area contributed by atoms with E-state index in [-0.39, 0.29) is 17.2 Å². The van der Waals surface area contributed by atoms with Crippen LogP contribution in [0.25, 0.3) is 0 Å². The predicted octanol–water partition coefficient (Wildman–Crippen LogP) is 2.08. The zero-order chi connectivity index (χ0) is 17.2. The molecule has 0 bridgehead atoms.